The van der Waals surface area contributed by atoms with Crippen molar-refractivity contribution in [3.8, 4) is 0 Å². The molecule has 5 heteroatoms. The predicted molar refractivity (Wildman–Crippen MR) is 83.7 cm³/mol. The topological polar surface area (TPSA) is 49.4 Å². The first kappa shape index (κ1) is 15.3. The predicted octanol–water partition coefficient (Wildman–Crippen LogP) is 2.13. The maximum atomic E-state index is 11.5. The summed E-state index contributed by atoms with van der Waals surface area (Å²) in [5, 5.41) is 3.41. The van der Waals surface area contributed by atoms with Gasteiger partial charge in [0.25, 0.3) is 0 Å². The van der Waals surface area contributed by atoms with E-state index in [1.807, 2.05) is 18.2 Å². The molecule has 1 unspecified atom stereocenters. The van der Waals surface area contributed by atoms with Crippen LogP contribution in [-0.4, -0.2) is 44.0 Å². The summed E-state index contributed by atoms with van der Waals surface area (Å²) >= 11 is 0. The van der Waals surface area contributed by atoms with E-state index in [2.05, 4.69) is 30.1 Å². The van der Waals surface area contributed by atoms with E-state index in [9.17, 15) is 8.42 Å². The molecule has 0 saturated carbocycles. The quantitative estimate of drug-likeness (QED) is 0.873. The van der Waals surface area contributed by atoms with Crippen LogP contribution in [0.15, 0.2) is 24.3 Å². The Morgan fingerprint density at radius 1 is 1.25 bits per heavy atom. The molecule has 1 saturated heterocycles. The SMILES string of the molecule is CCN(CC)Cc1ccccc1NC1CCS(=O)(=O)C1. The highest BCUT2D eigenvalue weighted by molar-refractivity contribution is 7.91. The summed E-state index contributed by atoms with van der Waals surface area (Å²) < 4.78 is 23.1. The summed E-state index contributed by atoms with van der Waals surface area (Å²) in [6.07, 6.45) is 0.710. The first-order valence-electron chi connectivity index (χ1n) is 7.31. The van der Waals surface area contributed by atoms with E-state index in [1.54, 1.807) is 0 Å². The Kier molecular flexibility index (Phi) is 5.05. The van der Waals surface area contributed by atoms with Gasteiger partial charge in [-0.25, -0.2) is 8.42 Å². The second kappa shape index (κ2) is 6.59. The molecule has 0 amide bonds. The Morgan fingerprint density at radius 3 is 2.55 bits per heavy atom. The molecule has 20 heavy (non-hydrogen) atoms. The fraction of sp³-hybridized carbons (Fsp3) is 0.600. The van der Waals surface area contributed by atoms with Gasteiger partial charge in [0.1, 0.15) is 0 Å². The third-order valence-corrected chi connectivity index (χ3v) is 5.67. The highest BCUT2D eigenvalue weighted by atomic mass is 32.2. The summed E-state index contributed by atoms with van der Waals surface area (Å²) in [5.74, 6) is 0.565. The van der Waals surface area contributed by atoms with Crippen molar-refractivity contribution in [3.63, 3.8) is 0 Å². The summed E-state index contributed by atoms with van der Waals surface area (Å²) in [4.78, 5) is 2.35. The Hall–Kier alpha value is -1.07. The van der Waals surface area contributed by atoms with E-state index in [-0.39, 0.29) is 11.8 Å². The van der Waals surface area contributed by atoms with E-state index in [1.165, 1.54) is 5.56 Å². The number of anilines is 1. The lowest BCUT2D eigenvalue weighted by molar-refractivity contribution is 0.296. The molecule has 0 radical (unpaired) electrons. The van der Waals surface area contributed by atoms with Crippen molar-refractivity contribution in [1.29, 1.82) is 0 Å². The molecule has 1 atom stereocenters. The van der Waals surface area contributed by atoms with E-state index >= 15 is 0 Å². The monoisotopic (exact) mass is 296 g/mol. The molecule has 1 heterocycles. The van der Waals surface area contributed by atoms with Crippen molar-refractivity contribution in [1.82, 2.24) is 4.90 Å². The van der Waals surface area contributed by atoms with Gasteiger partial charge in [0, 0.05) is 18.3 Å². The molecular weight excluding hydrogens is 272 g/mol. The number of nitrogens with one attached hydrogen (secondary N) is 1. The zero-order chi connectivity index (χ0) is 14.6. The van der Waals surface area contributed by atoms with Crippen molar-refractivity contribution in [3.05, 3.63) is 29.8 Å². The highest BCUT2D eigenvalue weighted by Crippen LogP contribution is 2.22. The molecule has 0 spiro atoms. The van der Waals surface area contributed by atoms with Gasteiger partial charge in [-0.3, -0.25) is 4.90 Å². The largest absolute Gasteiger partial charge is 0.381 e. The zero-order valence-corrected chi connectivity index (χ0v) is 13.1. The maximum absolute atomic E-state index is 11.5. The van der Waals surface area contributed by atoms with Crippen LogP contribution in [0.3, 0.4) is 0 Å². The number of sulfone groups is 1. The number of rotatable bonds is 6. The minimum absolute atomic E-state index is 0.0536. The zero-order valence-electron chi connectivity index (χ0n) is 12.3. The van der Waals surface area contributed by atoms with Gasteiger partial charge in [0.05, 0.1) is 11.5 Å². The van der Waals surface area contributed by atoms with Crippen LogP contribution in [0, 0.1) is 0 Å². The fourth-order valence-electron chi connectivity index (χ4n) is 2.62. The first-order chi connectivity index (χ1) is 9.54. The molecule has 112 valence electrons. The van der Waals surface area contributed by atoms with Gasteiger partial charge in [-0.1, -0.05) is 32.0 Å². The summed E-state index contributed by atoms with van der Waals surface area (Å²) in [6.45, 7) is 7.24. The molecule has 0 bridgehead atoms. The average molecular weight is 296 g/mol. The molecule has 0 aliphatic carbocycles. The van der Waals surface area contributed by atoms with Crippen LogP contribution in [0.4, 0.5) is 5.69 Å². The minimum Gasteiger partial charge on any atom is -0.381 e. The molecule has 1 fully saturated rings. The molecular formula is C15H24N2O2S. The molecule has 1 aliphatic heterocycles. The van der Waals surface area contributed by atoms with Crippen LogP contribution < -0.4 is 5.32 Å². The number of hydrogen-bond acceptors (Lipinski definition) is 4. The van der Waals surface area contributed by atoms with Crippen molar-refractivity contribution < 1.29 is 8.42 Å². The molecule has 0 aromatic heterocycles. The van der Waals surface area contributed by atoms with Crippen LogP contribution in [0.5, 0.6) is 0 Å². The summed E-state index contributed by atoms with van der Waals surface area (Å²) in [6, 6.07) is 8.25. The summed E-state index contributed by atoms with van der Waals surface area (Å²) in [7, 11) is -2.83. The van der Waals surface area contributed by atoms with E-state index in [4.69, 9.17) is 0 Å². The van der Waals surface area contributed by atoms with Crippen molar-refractivity contribution in [2.45, 2.75) is 32.9 Å². The van der Waals surface area contributed by atoms with Crippen molar-refractivity contribution in [2.75, 3.05) is 29.9 Å². The van der Waals surface area contributed by atoms with E-state index in [0.29, 0.717) is 12.2 Å². The van der Waals surface area contributed by atoms with Crippen LogP contribution in [-0.2, 0) is 16.4 Å². The first-order valence-corrected chi connectivity index (χ1v) is 9.13. The third-order valence-electron chi connectivity index (χ3n) is 3.90. The second-order valence-corrected chi connectivity index (χ2v) is 7.59. The maximum Gasteiger partial charge on any atom is 0.152 e. The lowest BCUT2D eigenvalue weighted by Crippen LogP contribution is -2.25. The number of para-hydroxylation sites is 1. The van der Waals surface area contributed by atoms with E-state index < -0.39 is 9.84 Å². The highest BCUT2D eigenvalue weighted by Gasteiger charge is 2.28. The number of hydrogen-bond donors (Lipinski definition) is 1. The third kappa shape index (κ3) is 3.96. The molecule has 2 rings (SSSR count). The Bertz CT molecular complexity index is 539. The normalized spacial score (nSPS) is 21.2. The van der Waals surface area contributed by atoms with Crippen LogP contribution in [0.2, 0.25) is 0 Å². The molecule has 4 nitrogen and oxygen atoms in total. The van der Waals surface area contributed by atoms with Gasteiger partial charge in [0.2, 0.25) is 0 Å². The molecule has 1 aromatic carbocycles. The second-order valence-electron chi connectivity index (χ2n) is 5.36. The standard InChI is InChI=1S/C15H24N2O2S/c1-3-17(4-2)11-13-7-5-6-8-15(13)16-14-9-10-20(18,19)12-14/h5-8,14,16H,3-4,9-12H2,1-2H3. The van der Waals surface area contributed by atoms with Crippen molar-refractivity contribution >= 4 is 15.5 Å². The minimum atomic E-state index is -2.83. The van der Waals surface area contributed by atoms with Gasteiger partial charge in [0.15, 0.2) is 9.84 Å². The van der Waals surface area contributed by atoms with Crippen LogP contribution in [0.25, 0.3) is 0 Å². The van der Waals surface area contributed by atoms with Gasteiger partial charge in [-0.05, 0) is 31.1 Å². The smallest absolute Gasteiger partial charge is 0.152 e. The van der Waals surface area contributed by atoms with Crippen molar-refractivity contribution in [2.24, 2.45) is 0 Å². The van der Waals surface area contributed by atoms with Gasteiger partial charge < -0.3 is 5.32 Å². The molecule has 1 aliphatic rings. The fourth-order valence-corrected chi connectivity index (χ4v) is 4.29. The summed E-state index contributed by atoms with van der Waals surface area (Å²) in [5.41, 5.74) is 2.31. The molecule has 1 aromatic rings. The van der Waals surface area contributed by atoms with Gasteiger partial charge in [-0.15, -0.1) is 0 Å². The van der Waals surface area contributed by atoms with Crippen LogP contribution in [0.1, 0.15) is 25.8 Å². The lowest BCUT2D eigenvalue weighted by atomic mass is 10.1. The Morgan fingerprint density at radius 2 is 1.95 bits per heavy atom. The Labute approximate surface area is 122 Å². The van der Waals surface area contributed by atoms with Gasteiger partial charge >= 0.3 is 0 Å². The lowest BCUT2D eigenvalue weighted by Gasteiger charge is -2.22. The van der Waals surface area contributed by atoms with Gasteiger partial charge in [-0.2, -0.15) is 0 Å². The van der Waals surface area contributed by atoms with Crippen LogP contribution >= 0.6 is 0 Å². The number of benzene rings is 1. The number of nitrogens with zero attached hydrogens (tertiary/aromatic N) is 1. The van der Waals surface area contributed by atoms with E-state index in [0.717, 1.165) is 25.3 Å². The molecule has 1 N–H and O–H groups in total. The average Bonchev–Trinajstić information content (AvgIpc) is 2.77. The Balaban J connectivity index is 2.08.